The molecule has 14 nitrogen and oxygen atoms in total. The summed E-state index contributed by atoms with van der Waals surface area (Å²) in [4.78, 5) is 49.1. The normalized spacial score (nSPS) is 17.3. The van der Waals surface area contributed by atoms with Gasteiger partial charge in [0, 0.05) is 44.2 Å². The molecule has 19 heteroatoms. The number of hydrogen-bond donors (Lipinski definition) is 3. The van der Waals surface area contributed by atoms with Crippen molar-refractivity contribution in [2.45, 2.75) is 58.5 Å². The number of anilines is 2. The summed E-state index contributed by atoms with van der Waals surface area (Å²) in [6.45, 7) is 7.93. The van der Waals surface area contributed by atoms with Gasteiger partial charge in [0.05, 0.1) is 34.1 Å². The molecule has 2 fully saturated rings. The van der Waals surface area contributed by atoms with E-state index in [0.29, 0.717) is 68.5 Å². The Bertz CT molecular complexity index is 1960. The van der Waals surface area contributed by atoms with Gasteiger partial charge in [-0.05, 0) is 44.0 Å². The molecule has 3 aromatic heterocycles. The van der Waals surface area contributed by atoms with E-state index >= 15 is 0 Å². The number of likely N-dealkylation sites (tertiary alicyclic amines) is 1. The second-order valence-corrected chi connectivity index (χ2v) is 13.2. The lowest BCUT2D eigenvalue weighted by molar-refractivity contribution is -0.137. The second-order valence-electron chi connectivity index (χ2n) is 11.8. The second kappa shape index (κ2) is 14.2. The zero-order valence-electron chi connectivity index (χ0n) is 27.6. The molecule has 0 saturated carbocycles. The molecule has 50 heavy (non-hydrogen) atoms. The van der Waals surface area contributed by atoms with Crippen molar-refractivity contribution in [1.82, 2.24) is 39.0 Å². The number of H-pyrrole nitrogens is 1. The third-order valence-electron chi connectivity index (χ3n) is 8.77. The largest absolute Gasteiger partial charge is 0.416 e. The van der Waals surface area contributed by atoms with Crippen LogP contribution in [0.2, 0.25) is 5.02 Å². The van der Waals surface area contributed by atoms with Crippen LogP contribution in [0.1, 0.15) is 59.7 Å². The number of carbonyl (C=O) groups is 2. The number of amides is 2. The maximum absolute atomic E-state index is 14.2. The first kappa shape index (κ1) is 35.7. The summed E-state index contributed by atoms with van der Waals surface area (Å²) in [5.41, 5.74) is -0.575. The molecule has 1 spiro atoms. The molecule has 4 aromatic rings. The number of benzene rings is 1. The molecule has 1 aromatic carbocycles. The predicted octanol–water partition coefficient (Wildman–Crippen LogP) is 3.98. The van der Waals surface area contributed by atoms with E-state index in [1.807, 2.05) is 18.7 Å². The minimum atomic E-state index is -4.60. The molecule has 6 heterocycles. The monoisotopic (exact) mass is 736 g/mol. The van der Waals surface area contributed by atoms with Crippen LogP contribution < -0.4 is 20.5 Å². The molecular formula is C31H36ClF3N10O4S. The minimum Gasteiger partial charge on any atom is -0.364 e. The third-order valence-corrected chi connectivity index (χ3v) is 9.88. The lowest BCUT2D eigenvalue weighted by Gasteiger charge is -2.38. The Balaban J connectivity index is 0.00000212. The maximum Gasteiger partial charge on any atom is 0.416 e. The molecule has 0 radical (unpaired) electrons. The number of aromatic amines is 1. The number of aromatic nitrogens is 6. The number of nitrogens with zero attached hydrogens (tertiary/aromatic N) is 7. The number of alkyl halides is 3. The fraction of sp³-hybridized carbons (Fsp3) is 0.484. The highest BCUT2D eigenvalue weighted by atomic mass is 35.5. The summed E-state index contributed by atoms with van der Waals surface area (Å²) in [6.07, 6.45) is -3.96. The van der Waals surface area contributed by atoms with Crippen molar-refractivity contribution >= 4 is 52.8 Å². The van der Waals surface area contributed by atoms with E-state index in [4.69, 9.17) is 21.3 Å². The van der Waals surface area contributed by atoms with E-state index in [0.717, 1.165) is 29.6 Å². The van der Waals surface area contributed by atoms with Crippen LogP contribution in [0.25, 0.3) is 5.78 Å². The van der Waals surface area contributed by atoms with Crippen LogP contribution in [0.5, 0.6) is 0 Å². The Hall–Kier alpha value is -4.13. The molecule has 3 N–H and O–H groups in total. The van der Waals surface area contributed by atoms with Crippen LogP contribution in [-0.2, 0) is 34.5 Å². The van der Waals surface area contributed by atoms with Crippen LogP contribution in [-0.4, -0.2) is 84.6 Å². The van der Waals surface area contributed by atoms with Crippen molar-refractivity contribution in [3.8, 4) is 0 Å². The van der Waals surface area contributed by atoms with Crippen LogP contribution in [0.3, 0.4) is 0 Å². The number of halogens is 4. The number of ether oxygens (including phenoxy) is 1. The number of carbonyl (C=O) groups excluding carboxylic acids is 2. The lowest BCUT2D eigenvalue weighted by Crippen LogP contribution is -2.47. The zero-order valence-corrected chi connectivity index (χ0v) is 29.1. The molecule has 7 rings (SSSR count). The number of rotatable bonds is 5. The van der Waals surface area contributed by atoms with Gasteiger partial charge in [0.2, 0.25) is 17.6 Å². The smallest absolute Gasteiger partial charge is 0.364 e. The summed E-state index contributed by atoms with van der Waals surface area (Å²) in [5, 5.41) is 13.7. The van der Waals surface area contributed by atoms with Crippen molar-refractivity contribution in [3.05, 3.63) is 67.9 Å². The maximum atomic E-state index is 14.2. The summed E-state index contributed by atoms with van der Waals surface area (Å²) in [6, 6.07) is 4.34. The fourth-order valence-corrected chi connectivity index (χ4v) is 7.27. The molecule has 0 unspecified atom stereocenters. The van der Waals surface area contributed by atoms with Crippen molar-refractivity contribution in [1.29, 1.82) is 0 Å². The molecule has 2 amide bonds. The van der Waals surface area contributed by atoms with Crippen LogP contribution >= 0.6 is 23.5 Å². The molecule has 268 valence electrons. The average molecular weight is 737 g/mol. The molecular weight excluding hydrogens is 701 g/mol. The molecule has 2 saturated heterocycles. The van der Waals surface area contributed by atoms with Gasteiger partial charge in [0.15, 0.2) is 0 Å². The van der Waals surface area contributed by atoms with Gasteiger partial charge in [-0.2, -0.15) is 27.8 Å². The third kappa shape index (κ3) is 6.80. The van der Waals surface area contributed by atoms with Gasteiger partial charge in [-0.15, -0.1) is 5.10 Å². The number of piperidine rings is 1. The topological polar surface area (TPSA) is 155 Å². The van der Waals surface area contributed by atoms with Crippen LogP contribution in [0, 0.1) is 6.92 Å². The van der Waals surface area contributed by atoms with Gasteiger partial charge in [0.25, 0.3) is 11.5 Å². The Labute approximate surface area is 293 Å². The van der Waals surface area contributed by atoms with E-state index < -0.39 is 28.8 Å². The summed E-state index contributed by atoms with van der Waals surface area (Å²) >= 11 is 7.69. The quantitative estimate of drug-likeness (QED) is 0.257. The first-order chi connectivity index (χ1) is 23.9. The highest BCUT2D eigenvalue weighted by molar-refractivity contribution is 7.97. The Morgan fingerprint density at radius 3 is 2.58 bits per heavy atom. The molecule has 0 bridgehead atoms. The predicted molar refractivity (Wildman–Crippen MR) is 181 cm³/mol. The van der Waals surface area contributed by atoms with Gasteiger partial charge >= 0.3 is 6.18 Å². The van der Waals surface area contributed by atoms with E-state index in [2.05, 4.69) is 25.3 Å². The van der Waals surface area contributed by atoms with Crippen LogP contribution in [0.4, 0.5) is 24.8 Å². The molecule has 3 aliphatic rings. The van der Waals surface area contributed by atoms with Gasteiger partial charge in [-0.3, -0.25) is 24.2 Å². The summed E-state index contributed by atoms with van der Waals surface area (Å²) in [7, 11) is 0. The van der Waals surface area contributed by atoms with Gasteiger partial charge < -0.3 is 24.4 Å². The molecule has 0 aliphatic carbocycles. The van der Waals surface area contributed by atoms with Crippen molar-refractivity contribution in [2.24, 2.45) is 0 Å². The van der Waals surface area contributed by atoms with Crippen molar-refractivity contribution in [2.75, 3.05) is 48.7 Å². The zero-order chi connectivity index (χ0) is 35.8. The number of fused-ring (bicyclic) bond motifs is 3. The van der Waals surface area contributed by atoms with E-state index in [1.54, 1.807) is 34.4 Å². The van der Waals surface area contributed by atoms with Gasteiger partial charge in [-0.1, -0.05) is 37.4 Å². The van der Waals surface area contributed by atoms with Gasteiger partial charge in [-0.25, -0.2) is 0 Å². The lowest BCUT2D eigenvalue weighted by atomic mass is 9.85. The highest BCUT2D eigenvalue weighted by Crippen LogP contribution is 2.43. The summed E-state index contributed by atoms with van der Waals surface area (Å²) < 4.78 is 51.8. The number of aryl methyl sites for hydroxylation is 1. The first-order valence-corrected chi connectivity index (χ1v) is 17.5. The van der Waals surface area contributed by atoms with E-state index in [-0.39, 0.29) is 35.5 Å². The Morgan fingerprint density at radius 2 is 1.90 bits per heavy atom. The first-order valence-electron chi connectivity index (χ1n) is 16.2. The van der Waals surface area contributed by atoms with E-state index in [9.17, 15) is 27.6 Å². The molecule has 3 aliphatic heterocycles. The average Bonchev–Trinajstić information content (AvgIpc) is 3.77. The Kier molecular flexibility index (Phi) is 10.2. The van der Waals surface area contributed by atoms with Crippen LogP contribution in [0.15, 0.2) is 29.1 Å². The van der Waals surface area contributed by atoms with E-state index in [1.165, 1.54) is 4.52 Å². The summed E-state index contributed by atoms with van der Waals surface area (Å²) in [5.74, 6) is 0.361. The van der Waals surface area contributed by atoms with Crippen molar-refractivity contribution < 1.29 is 27.5 Å². The highest BCUT2D eigenvalue weighted by Gasteiger charge is 2.48. The van der Waals surface area contributed by atoms with Crippen molar-refractivity contribution in [3.63, 3.8) is 0 Å². The van der Waals surface area contributed by atoms with Gasteiger partial charge in [0.1, 0.15) is 17.8 Å². The minimum absolute atomic E-state index is 0.00281. The fourth-order valence-electron chi connectivity index (χ4n) is 6.35. The number of nitrogens with one attached hydrogen (secondary N) is 3. The standard InChI is InChI=1S/C29H30ClF3N10O4S.C2H6/c1-16-12-20(38-37-16)24(45)40-7-4-28(5-8-40)23-21(15-47-28)42(14-22(44)35-19-3-2-17(13-18(19)30)29(31,32)33)27-36-26(39-43(27)25(23)46)41-9-6-34-48-11-10-41;1-2/h2-3,12-13,34H,4-11,14-15H2,1H3,(H,35,44)(H,37,38);1-2H3. The SMILES string of the molecule is CC.Cc1cc(C(=O)N2CCC3(CC2)OCc2c3c(=O)n3nc(N4CCNSCC4)nc3n2CC(=O)Nc2ccc(C(F)(F)F)cc2Cl)n[nH]1. The number of hydrogen-bond acceptors (Lipinski definition) is 10. The Morgan fingerprint density at radius 1 is 1.14 bits per heavy atom. The molecule has 0 atom stereocenters.